The number of rotatable bonds is 4. The average molecular weight is 280 g/mol. The first kappa shape index (κ1) is 14.8. The van der Waals surface area contributed by atoms with Gasteiger partial charge in [-0.25, -0.2) is 4.39 Å². The van der Waals surface area contributed by atoms with Gasteiger partial charge in [0.2, 0.25) is 0 Å². The van der Waals surface area contributed by atoms with Crippen LogP contribution in [0.25, 0.3) is 0 Å². The molecule has 4 nitrogen and oxygen atoms in total. The smallest absolute Gasteiger partial charge is 0.260 e. The number of methoxy groups -OCH3 is 1. The van der Waals surface area contributed by atoms with Crippen LogP contribution in [0.4, 0.5) is 4.39 Å². The maximum Gasteiger partial charge on any atom is 0.260 e. The van der Waals surface area contributed by atoms with Crippen molar-refractivity contribution >= 4 is 5.91 Å². The van der Waals surface area contributed by atoms with Gasteiger partial charge < -0.3 is 15.0 Å². The molecule has 0 spiro atoms. The summed E-state index contributed by atoms with van der Waals surface area (Å²) in [5.41, 5.74) is 0.0300. The molecule has 0 aliphatic carbocycles. The Hall–Kier alpha value is -1.62. The number of hydrogen-bond donors (Lipinski definition) is 1. The summed E-state index contributed by atoms with van der Waals surface area (Å²) in [5, 5.41) is 3.28. The number of piperidine rings is 1. The van der Waals surface area contributed by atoms with E-state index in [9.17, 15) is 9.18 Å². The highest BCUT2D eigenvalue weighted by atomic mass is 19.1. The van der Waals surface area contributed by atoms with Gasteiger partial charge in [0.1, 0.15) is 17.1 Å². The highest BCUT2D eigenvalue weighted by Crippen LogP contribution is 2.24. The number of likely N-dealkylation sites (N-methyl/N-ethyl adjacent to an activating group) is 1. The lowest BCUT2D eigenvalue weighted by Gasteiger charge is -2.34. The molecule has 110 valence electrons. The summed E-state index contributed by atoms with van der Waals surface area (Å²) >= 11 is 0. The Bertz CT molecular complexity index is 473. The lowest BCUT2D eigenvalue weighted by molar-refractivity contribution is 0.0653. The van der Waals surface area contributed by atoms with Crippen molar-refractivity contribution in [3.05, 3.63) is 29.6 Å². The molecule has 1 aliphatic rings. The van der Waals surface area contributed by atoms with Crippen molar-refractivity contribution in [2.75, 3.05) is 26.7 Å². The van der Waals surface area contributed by atoms with Gasteiger partial charge in [-0.05, 0) is 38.4 Å². The molecule has 1 saturated heterocycles. The SMILES string of the molecule is CCN(C(=O)c1c(F)cccc1OC)C1CCCNC1. The Kier molecular flexibility index (Phi) is 4.95. The fourth-order valence-electron chi connectivity index (χ4n) is 2.69. The summed E-state index contributed by atoms with van der Waals surface area (Å²) in [6.07, 6.45) is 1.98. The van der Waals surface area contributed by atoms with Crippen LogP contribution in [0.1, 0.15) is 30.1 Å². The molecule has 5 heteroatoms. The molecule has 0 saturated carbocycles. The number of carbonyl (C=O) groups excluding carboxylic acids is 1. The molecule has 1 unspecified atom stereocenters. The van der Waals surface area contributed by atoms with Crippen LogP contribution in [-0.4, -0.2) is 43.6 Å². The van der Waals surface area contributed by atoms with Gasteiger partial charge in [0.15, 0.2) is 0 Å². The highest BCUT2D eigenvalue weighted by Gasteiger charge is 2.28. The second kappa shape index (κ2) is 6.70. The van der Waals surface area contributed by atoms with E-state index in [-0.39, 0.29) is 23.3 Å². The summed E-state index contributed by atoms with van der Waals surface area (Å²) in [6.45, 7) is 4.21. The first-order valence-electron chi connectivity index (χ1n) is 7.03. The number of halogens is 1. The Morgan fingerprint density at radius 1 is 1.55 bits per heavy atom. The zero-order valence-corrected chi connectivity index (χ0v) is 12.0. The molecule has 1 fully saturated rings. The van der Waals surface area contributed by atoms with E-state index in [1.165, 1.54) is 13.2 Å². The van der Waals surface area contributed by atoms with Gasteiger partial charge in [-0.3, -0.25) is 4.79 Å². The summed E-state index contributed by atoms with van der Waals surface area (Å²) in [5.74, 6) is -0.537. The van der Waals surface area contributed by atoms with Gasteiger partial charge in [-0.1, -0.05) is 6.07 Å². The van der Waals surface area contributed by atoms with Crippen LogP contribution < -0.4 is 10.1 Å². The van der Waals surface area contributed by atoms with Gasteiger partial charge in [0.05, 0.1) is 7.11 Å². The number of nitrogens with zero attached hydrogens (tertiary/aromatic N) is 1. The van der Waals surface area contributed by atoms with Crippen molar-refractivity contribution in [1.82, 2.24) is 10.2 Å². The number of carbonyl (C=O) groups is 1. The predicted molar refractivity (Wildman–Crippen MR) is 75.6 cm³/mol. The molecule has 2 rings (SSSR count). The summed E-state index contributed by atoms with van der Waals surface area (Å²) < 4.78 is 19.1. The summed E-state index contributed by atoms with van der Waals surface area (Å²) in [4.78, 5) is 14.4. The molecule has 1 aliphatic heterocycles. The predicted octanol–water partition coefficient (Wildman–Crippen LogP) is 2.05. The van der Waals surface area contributed by atoms with E-state index < -0.39 is 5.82 Å². The normalized spacial score (nSPS) is 18.6. The standard InChI is InChI=1S/C15H21FN2O2/c1-3-18(11-6-5-9-17-10-11)15(19)14-12(16)7-4-8-13(14)20-2/h4,7-8,11,17H,3,5-6,9-10H2,1-2H3. The van der Waals surface area contributed by atoms with Crippen LogP contribution in [0.3, 0.4) is 0 Å². The fourth-order valence-corrected chi connectivity index (χ4v) is 2.69. The van der Waals surface area contributed by atoms with Crippen molar-refractivity contribution in [3.63, 3.8) is 0 Å². The van der Waals surface area contributed by atoms with Crippen LogP contribution in [-0.2, 0) is 0 Å². The Morgan fingerprint density at radius 3 is 2.95 bits per heavy atom. The monoisotopic (exact) mass is 280 g/mol. The maximum absolute atomic E-state index is 14.0. The molecule has 1 atom stereocenters. The molecule has 1 amide bonds. The van der Waals surface area contributed by atoms with E-state index in [4.69, 9.17) is 4.74 Å². The van der Waals surface area contributed by atoms with Gasteiger partial charge in [0.25, 0.3) is 5.91 Å². The minimum absolute atomic E-state index is 0.0300. The van der Waals surface area contributed by atoms with Crippen molar-refractivity contribution in [3.8, 4) is 5.75 Å². The van der Waals surface area contributed by atoms with Crippen LogP contribution in [0.5, 0.6) is 5.75 Å². The minimum atomic E-state index is -0.531. The Balaban J connectivity index is 2.28. The lowest BCUT2D eigenvalue weighted by Crippen LogP contribution is -2.48. The van der Waals surface area contributed by atoms with E-state index in [1.807, 2.05) is 6.92 Å². The molecule has 20 heavy (non-hydrogen) atoms. The molecule has 1 aromatic rings. The largest absolute Gasteiger partial charge is 0.496 e. The van der Waals surface area contributed by atoms with Crippen LogP contribution in [0, 0.1) is 5.82 Å². The van der Waals surface area contributed by atoms with Gasteiger partial charge in [-0.2, -0.15) is 0 Å². The molecule has 0 bridgehead atoms. The Labute approximate surface area is 118 Å². The van der Waals surface area contributed by atoms with Crippen molar-refractivity contribution in [2.45, 2.75) is 25.8 Å². The third-order valence-corrected chi connectivity index (χ3v) is 3.72. The number of benzene rings is 1. The van der Waals surface area contributed by atoms with Crippen LogP contribution in [0.2, 0.25) is 0 Å². The average Bonchev–Trinajstić information content (AvgIpc) is 2.48. The summed E-state index contributed by atoms with van der Waals surface area (Å²) in [6, 6.07) is 4.57. The fraction of sp³-hybridized carbons (Fsp3) is 0.533. The number of amides is 1. The van der Waals surface area contributed by atoms with Gasteiger partial charge in [0, 0.05) is 19.1 Å². The van der Waals surface area contributed by atoms with Gasteiger partial charge in [-0.15, -0.1) is 0 Å². The van der Waals surface area contributed by atoms with E-state index in [2.05, 4.69) is 5.32 Å². The Morgan fingerprint density at radius 2 is 2.35 bits per heavy atom. The van der Waals surface area contributed by atoms with Crippen LogP contribution in [0.15, 0.2) is 18.2 Å². The molecule has 1 heterocycles. The maximum atomic E-state index is 14.0. The summed E-state index contributed by atoms with van der Waals surface area (Å²) in [7, 11) is 1.45. The van der Waals surface area contributed by atoms with Crippen LogP contribution >= 0.6 is 0 Å². The van der Waals surface area contributed by atoms with E-state index in [0.717, 1.165) is 25.9 Å². The topological polar surface area (TPSA) is 41.6 Å². The quantitative estimate of drug-likeness (QED) is 0.918. The van der Waals surface area contributed by atoms with E-state index >= 15 is 0 Å². The first-order valence-corrected chi connectivity index (χ1v) is 7.03. The van der Waals surface area contributed by atoms with E-state index in [1.54, 1.807) is 17.0 Å². The van der Waals surface area contributed by atoms with Crippen molar-refractivity contribution in [1.29, 1.82) is 0 Å². The molecule has 1 aromatic carbocycles. The second-order valence-electron chi connectivity index (χ2n) is 4.91. The molecule has 0 radical (unpaired) electrons. The number of hydrogen-bond acceptors (Lipinski definition) is 3. The third kappa shape index (κ3) is 2.93. The first-order chi connectivity index (χ1) is 9.69. The van der Waals surface area contributed by atoms with Gasteiger partial charge >= 0.3 is 0 Å². The molecular formula is C15H21FN2O2. The highest BCUT2D eigenvalue weighted by molar-refractivity contribution is 5.97. The molecular weight excluding hydrogens is 259 g/mol. The zero-order valence-electron chi connectivity index (χ0n) is 12.0. The van der Waals surface area contributed by atoms with E-state index in [0.29, 0.717) is 6.54 Å². The third-order valence-electron chi connectivity index (χ3n) is 3.72. The molecule has 0 aromatic heterocycles. The van der Waals surface area contributed by atoms with Crippen molar-refractivity contribution in [2.24, 2.45) is 0 Å². The number of ether oxygens (including phenoxy) is 1. The second-order valence-corrected chi connectivity index (χ2v) is 4.91. The number of nitrogens with one attached hydrogen (secondary N) is 1. The zero-order chi connectivity index (χ0) is 14.5. The molecule has 1 N–H and O–H groups in total. The minimum Gasteiger partial charge on any atom is -0.496 e. The van der Waals surface area contributed by atoms with Crippen molar-refractivity contribution < 1.29 is 13.9 Å². The lowest BCUT2D eigenvalue weighted by atomic mass is 10.0.